The molecule has 3 heteroatoms. The van der Waals surface area contributed by atoms with Crippen LogP contribution in [0, 0.1) is 11.8 Å². The summed E-state index contributed by atoms with van der Waals surface area (Å²) in [6.07, 6.45) is 5.05. The van der Waals surface area contributed by atoms with Crippen LogP contribution in [0.1, 0.15) is 25.7 Å². The molecule has 2 atom stereocenters. The highest BCUT2D eigenvalue weighted by molar-refractivity contribution is 6.18. The lowest BCUT2D eigenvalue weighted by atomic mass is 9.98. The molecule has 0 radical (unpaired) electrons. The van der Waals surface area contributed by atoms with Crippen molar-refractivity contribution in [3.8, 4) is 5.75 Å². The van der Waals surface area contributed by atoms with Crippen molar-refractivity contribution >= 4 is 11.6 Å². The maximum absolute atomic E-state index is 5.99. The SMILES string of the molecule is ClCC1CCCC1CNCCCOc1ccccc1. The highest BCUT2D eigenvalue weighted by Gasteiger charge is 2.25. The van der Waals surface area contributed by atoms with Gasteiger partial charge in [-0.3, -0.25) is 0 Å². The van der Waals surface area contributed by atoms with Gasteiger partial charge in [-0.2, -0.15) is 0 Å². The number of ether oxygens (including phenoxy) is 1. The summed E-state index contributed by atoms with van der Waals surface area (Å²) in [6.45, 7) is 2.92. The fourth-order valence-corrected chi connectivity index (χ4v) is 3.18. The zero-order valence-corrected chi connectivity index (χ0v) is 12.2. The standard InChI is InChI=1S/C16H24ClNO/c17-12-14-6-4-7-15(14)13-18-10-5-11-19-16-8-2-1-3-9-16/h1-3,8-9,14-15,18H,4-7,10-13H2. The molecule has 1 aromatic rings. The van der Waals surface area contributed by atoms with Crippen LogP contribution >= 0.6 is 11.6 Å². The Morgan fingerprint density at radius 2 is 1.95 bits per heavy atom. The molecule has 1 aromatic carbocycles. The molecule has 2 unspecified atom stereocenters. The summed E-state index contributed by atoms with van der Waals surface area (Å²) in [6, 6.07) is 10.00. The fourth-order valence-electron chi connectivity index (χ4n) is 2.78. The van der Waals surface area contributed by atoms with Gasteiger partial charge in [0, 0.05) is 5.88 Å². The van der Waals surface area contributed by atoms with Gasteiger partial charge in [-0.1, -0.05) is 24.6 Å². The minimum atomic E-state index is 0.731. The Labute approximate surface area is 121 Å². The first-order valence-electron chi connectivity index (χ1n) is 7.34. The number of alkyl halides is 1. The Kier molecular flexibility index (Phi) is 6.52. The molecule has 0 bridgehead atoms. The van der Waals surface area contributed by atoms with E-state index in [4.69, 9.17) is 16.3 Å². The average Bonchev–Trinajstić information content (AvgIpc) is 2.91. The minimum absolute atomic E-state index is 0.731. The van der Waals surface area contributed by atoms with Gasteiger partial charge in [0.15, 0.2) is 0 Å². The first kappa shape index (κ1) is 14.7. The van der Waals surface area contributed by atoms with Crippen LogP contribution in [0.4, 0.5) is 0 Å². The van der Waals surface area contributed by atoms with Crippen LogP contribution < -0.4 is 10.1 Å². The Morgan fingerprint density at radius 3 is 2.74 bits per heavy atom. The highest BCUT2D eigenvalue weighted by atomic mass is 35.5. The largest absolute Gasteiger partial charge is 0.494 e. The van der Waals surface area contributed by atoms with Crippen LogP contribution in [0.15, 0.2) is 30.3 Å². The molecule has 2 nitrogen and oxygen atoms in total. The van der Waals surface area contributed by atoms with E-state index < -0.39 is 0 Å². The molecule has 0 spiro atoms. The number of benzene rings is 1. The van der Waals surface area contributed by atoms with E-state index in [0.29, 0.717) is 0 Å². The van der Waals surface area contributed by atoms with Crippen LogP contribution in [-0.4, -0.2) is 25.6 Å². The van der Waals surface area contributed by atoms with Crippen LogP contribution in [0.5, 0.6) is 5.75 Å². The predicted molar refractivity (Wildman–Crippen MR) is 81.0 cm³/mol. The molecule has 0 amide bonds. The number of hydrogen-bond donors (Lipinski definition) is 1. The molecule has 2 rings (SSSR count). The zero-order valence-electron chi connectivity index (χ0n) is 11.5. The number of para-hydroxylation sites is 1. The lowest BCUT2D eigenvalue weighted by Crippen LogP contribution is -2.27. The van der Waals surface area contributed by atoms with Crippen LogP contribution in [0.25, 0.3) is 0 Å². The van der Waals surface area contributed by atoms with E-state index >= 15 is 0 Å². The van der Waals surface area contributed by atoms with Gasteiger partial charge >= 0.3 is 0 Å². The topological polar surface area (TPSA) is 21.3 Å². The smallest absolute Gasteiger partial charge is 0.119 e. The van der Waals surface area contributed by atoms with Gasteiger partial charge in [-0.15, -0.1) is 11.6 Å². The molecule has 1 saturated carbocycles. The van der Waals surface area contributed by atoms with E-state index in [-0.39, 0.29) is 0 Å². The van der Waals surface area contributed by atoms with E-state index in [1.54, 1.807) is 0 Å². The first-order valence-corrected chi connectivity index (χ1v) is 7.88. The van der Waals surface area contributed by atoms with Crippen LogP contribution in [0.3, 0.4) is 0 Å². The molecule has 19 heavy (non-hydrogen) atoms. The molecule has 1 aliphatic rings. The molecule has 0 saturated heterocycles. The summed E-state index contributed by atoms with van der Waals surface area (Å²) >= 11 is 5.99. The summed E-state index contributed by atoms with van der Waals surface area (Å²) < 4.78 is 5.66. The predicted octanol–water partition coefficient (Wildman–Crippen LogP) is 3.70. The van der Waals surface area contributed by atoms with Gasteiger partial charge in [-0.25, -0.2) is 0 Å². The van der Waals surface area contributed by atoms with Crippen molar-refractivity contribution in [2.75, 3.05) is 25.6 Å². The maximum atomic E-state index is 5.99. The molecule has 0 aromatic heterocycles. The maximum Gasteiger partial charge on any atom is 0.119 e. The lowest BCUT2D eigenvalue weighted by Gasteiger charge is -2.17. The Morgan fingerprint density at radius 1 is 1.16 bits per heavy atom. The Balaban J connectivity index is 1.50. The average molecular weight is 282 g/mol. The van der Waals surface area contributed by atoms with Gasteiger partial charge in [0.05, 0.1) is 6.61 Å². The number of rotatable bonds is 8. The van der Waals surface area contributed by atoms with Crippen molar-refractivity contribution in [3.63, 3.8) is 0 Å². The van der Waals surface area contributed by atoms with Gasteiger partial charge in [0.25, 0.3) is 0 Å². The molecule has 1 N–H and O–H groups in total. The fraction of sp³-hybridized carbons (Fsp3) is 0.625. The Bertz CT molecular complexity index is 344. The van der Waals surface area contributed by atoms with Gasteiger partial charge < -0.3 is 10.1 Å². The number of hydrogen-bond acceptors (Lipinski definition) is 2. The van der Waals surface area contributed by atoms with Crippen LogP contribution in [-0.2, 0) is 0 Å². The summed E-state index contributed by atoms with van der Waals surface area (Å²) in [5.41, 5.74) is 0. The van der Waals surface area contributed by atoms with Crippen molar-refractivity contribution in [1.29, 1.82) is 0 Å². The van der Waals surface area contributed by atoms with Crippen molar-refractivity contribution < 1.29 is 4.74 Å². The monoisotopic (exact) mass is 281 g/mol. The zero-order chi connectivity index (χ0) is 13.3. The quantitative estimate of drug-likeness (QED) is 0.579. The van der Waals surface area contributed by atoms with E-state index in [2.05, 4.69) is 5.32 Å². The van der Waals surface area contributed by atoms with Crippen molar-refractivity contribution in [2.24, 2.45) is 11.8 Å². The van der Waals surface area contributed by atoms with Crippen molar-refractivity contribution in [2.45, 2.75) is 25.7 Å². The minimum Gasteiger partial charge on any atom is -0.494 e. The van der Waals surface area contributed by atoms with Crippen molar-refractivity contribution in [1.82, 2.24) is 5.32 Å². The summed E-state index contributed by atoms with van der Waals surface area (Å²) in [5.74, 6) is 3.30. The molecule has 1 fully saturated rings. The highest BCUT2D eigenvalue weighted by Crippen LogP contribution is 2.31. The second kappa shape index (κ2) is 8.44. The summed E-state index contributed by atoms with van der Waals surface area (Å²) in [4.78, 5) is 0. The summed E-state index contributed by atoms with van der Waals surface area (Å²) in [5, 5.41) is 3.54. The molecular weight excluding hydrogens is 258 g/mol. The van der Waals surface area contributed by atoms with E-state index in [9.17, 15) is 0 Å². The molecule has 0 heterocycles. The van der Waals surface area contributed by atoms with Crippen LogP contribution in [0.2, 0.25) is 0 Å². The van der Waals surface area contributed by atoms with Gasteiger partial charge in [0.1, 0.15) is 5.75 Å². The normalized spacial score (nSPS) is 22.6. The lowest BCUT2D eigenvalue weighted by molar-refractivity contribution is 0.303. The molecular formula is C16H24ClNO. The molecule has 1 aliphatic carbocycles. The molecule has 0 aliphatic heterocycles. The summed E-state index contributed by atoms with van der Waals surface area (Å²) in [7, 11) is 0. The second-order valence-corrected chi connectivity index (χ2v) is 5.63. The molecule has 106 valence electrons. The Hall–Kier alpha value is -0.730. The van der Waals surface area contributed by atoms with Gasteiger partial charge in [0.2, 0.25) is 0 Å². The third kappa shape index (κ3) is 5.04. The second-order valence-electron chi connectivity index (χ2n) is 5.32. The number of halogens is 1. The third-order valence-corrected chi connectivity index (χ3v) is 4.33. The van der Waals surface area contributed by atoms with E-state index in [1.165, 1.54) is 19.3 Å². The third-order valence-electron chi connectivity index (χ3n) is 3.93. The number of nitrogens with one attached hydrogen (secondary N) is 1. The van der Waals surface area contributed by atoms with E-state index in [1.807, 2.05) is 30.3 Å². The first-order chi connectivity index (χ1) is 9.40. The van der Waals surface area contributed by atoms with Crippen molar-refractivity contribution in [3.05, 3.63) is 30.3 Å². The van der Waals surface area contributed by atoms with E-state index in [0.717, 1.165) is 49.6 Å². The van der Waals surface area contributed by atoms with Gasteiger partial charge in [-0.05, 0) is 56.3 Å².